The van der Waals surface area contributed by atoms with Gasteiger partial charge in [0.15, 0.2) is 0 Å². The molecule has 1 heterocycles. The third kappa shape index (κ3) is 3.15. The second-order valence-electron chi connectivity index (χ2n) is 4.12. The molecule has 0 atom stereocenters. The van der Waals surface area contributed by atoms with Crippen LogP contribution in [0.25, 0.3) is 0 Å². The van der Waals surface area contributed by atoms with Gasteiger partial charge in [0.1, 0.15) is 11.6 Å². The molecule has 0 fully saturated rings. The molecule has 1 amide bonds. The summed E-state index contributed by atoms with van der Waals surface area (Å²) in [5, 5.41) is 4.00. The molecule has 0 aliphatic rings. The molecule has 2 aromatic rings. The molecule has 19 heavy (non-hydrogen) atoms. The normalized spacial score (nSPS) is 10.5. The van der Waals surface area contributed by atoms with E-state index in [1.807, 2.05) is 0 Å². The maximum Gasteiger partial charge on any atom is 0.256 e. The van der Waals surface area contributed by atoms with Crippen molar-refractivity contribution in [3.05, 3.63) is 53.9 Å². The summed E-state index contributed by atoms with van der Waals surface area (Å²) in [4.78, 5) is 13.3. The van der Waals surface area contributed by atoms with Gasteiger partial charge >= 0.3 is 0 Å². The van der Waals surface area contributed by atoms with Crippen molar-refractivity contribution < 1.29 is 13.6 Å². The fourth-order valence-corrected chi connectivity index (χ4v) is 1.65. The van der Waals surface area contributed by atoms with Crippen LogP contribution in [0.15, 0.2) is 36.7 Å². The van der Waals surface area contributed by atoms with Gasteiger partial charge in [0.2, 0.25) is 0 Å². The Labute approximate surface area is 109 Å². The summed E-state index contributed by atoms with van der Waals surface area (Å²) in [5.74, 6) is -1.91. The number of rotatable bonds is 4. The minimum atomic E-state index is -0.725. The second-order valence-corrected chi connectivity index (χ2v) is 4.12. The molecule has 0 N–H and O–H groups in total. The fourth-order valence-electron chi connectivity index (χ4n) is 1.65. The van der Waals surface area contributed by atoms with Gasteiger partial charge < -0.3 is 4.90 Å². The summed E-state index contributed by atoms with van der Waals surface area (Å²) >= 11 is 0. The molecule has 6 heteroatoms. The molecule has 0 saturated heterocycles. The molecule has 4 nitrogen and oxygen atoms in total. The first kappa shape index (κ1) is 13.2. The quantitative estimate of drug-likeness (QED) is 0.847. The first-order chi connectivity index (χ1) is 9.08. The molecule has 0 aliphatic carbocycles. The zero-order valence-corrected chi connectivity index (χ0v) is 10.4. The predicted octanol–water partition coefficient (Wildman–Crippen LogP) is 1.93. The number of benzene rings is 1. The zero-order chi connectivity index (χ0) is 13.8. The minimum absolute atomic E-state index is 0.261. The lowest BCUT2D eigenvalue weighted by atomic mass is 10.2. The van der Waals surface area contributed by atoms with Crippen LogP contribution >= 0.6 is 0 Å². The summed E-state index contributed by atoms with van der Waals surface area (Å²) in [6, 6.07) is 4.61. The van der Waals surface area contributed by atoms with Crippen LogP contribution < -0.4 is 0 Å². The molecule has 1 aromatic carbocycles. The third-order valence-corrected chi connectivity index (χ3v) is 2.73. The van der Waals surface area contributed by atoms with Gasteiger partial charge in [-0.2, -0.15) is 5.10 Å². The van der Waals surface area contributed by atoms with E-state index in [2.05, 4.69) is 5.10 Å². The number of halogens is 2. The van der Waals surface area contributed by atoms with Crippen molar-refractivity contribution in [1.29, 1.82) is 0 Å². The van der Waals surface area contributed by atoms with Crippen molar-refractivity contribution >= 4 is 5.91 Å². The molecule has 100 valence electrons. The van der Waals surface area contributed by atoms with Gasteiger partial charge in [0.25, 0.3) is 5.91 Å². The van der Waals surface area contributed by atoms with Crippen LogP contribution in [0.5, 0.6) is 0 Å². The predicted molar refractivity (Wildman–Crippen MR) is 65.5 cm³/mol. The summed E-state index contributed by atoms with van der Waals surface area (Å²) in [7, 11) is 1.54. The first-order valence-corrected chi connectivity index (χ1v) is 5.76. The van der Waals surface area contributed by atoms with Crippen LogP contribution in [0.1, 0.15) is 10.4 Å². The maximum absolute atomic E-state index is 13.5. The van der Waals surface area contributed by atoms with E-state index in [4.69, 9.17) is 0 Å². The van der Waals surface area contributed by atoms with Crippen LogP contribution in [0.3, 0.4) is 0 Å². The Kier molecular flexibility index (Phi) is 3.89. The smallest absolute Gasteiger partial charge is 0.256 e. The lowest BCUT2D eigenvalue weighted by molar-refractivity contribution is 0.0784. The Morgan fingerprint density at radius 2 is 2.21 bits per heavy atom. The summed E-state index contributed by atoms with van der Waals surface area (Å²) in [6.07, 6.45) is 3.40. The van der Waals surface area contributed by atoms with Crippen LogP contribution in [0.2, 0.25) is 0 Å². The van der Waals surface area contributed by atoms with Crippen LogP contribution in [-0.4, -0.2) is 34.2 Å². The monoisotopic (exact) mass is 265 g/mol. The van der Waals surface area contributed by atoms with Crippen molar-refractivity contribution in [2.75, 3.05) is 13.6 Å². The van der Waals surface area contributed by atoms with Gasteiger partial charge in [-0.15, -0.1) is 0 Å². The van der Waals surface area contributed by atoms with E-state index in [-0.39, 0.29) is 5.56 Å². The number of amides is 1. The molecular formula is C13H13F2N3O. The lowest BCUT2D eigenvalue weighted by Gasteiger charge is -2.17. The van der Waals surface area contributed by atoms with E-state index in [1.54, 1.807) is 23.1 Å². The van der Waals surface area contributed by atoms with E-state index in [0.29, 0.717) is 13.1 Å². The van der Waals surface area contributed by atoms with Crippen molar-refractivity contribution in [3.63, 3.8) is 0 Å². The Bertz CT molecular complexity index is 569. The molecule has 0 radical (unpaired) electrons. The number of hydrogen-bond acceptors (Lipinski definition) is 2. The van der Waals surface area contributed by atoms with E-state index >= 15 is 0 Å². The van der Waals surface area contributed by atoms with Crippen LogP contribution in [-0.2, 0) is 6.54 Å². The average Bonchev–Trinajstić information content (AvgIpc) is 2.91. The highest BCUT2D eigenvalue weighted by molar-refractivity contribution is 5.94. The zero-order valence-electron chi connectivity index (χ0n) is 10.4. The summed E-state index contributed by atoms with van der Waals surface area (Å²) < 4.78 is 28.1. The highest BCUT2D eigenvalue weighted by Gasteiger charge is 2.16. The fraction of sp³-hybridized carbons (Fsp3) is 0.231. The number of aromatic nitrogens is 2. The molecule has 1 aromatic heterocycles. The molecule has 0 unspecified atom stereocenters. The van der Waals surface area contributed by atoms with Crippen LogP contribution in [0, 0.1) is 11.6 Å². The largest absolute Gasteiger partial charge is 0.340 e. The third-order valence-electron chi connectivity index (χ3n) is 2.73. The molecule has 0 saturated carbocycles. The van der Waals surface area contributed by atoms with Crippen molar-refractivity contribution in [2.24, 2.45) is 0 Å². The number of likely N-dealkylation sites (N-methyl/N-ethyl adjacent to an activating group) is 1. The molecule has 0 spiro atoms. The lowest BCUT2D eigenvalue weighted by Crippen LogP contribution is -2.30. The van der Waals surface area contributed by atoms with Gasteiger partial charge in [-0.05, 0) is 24.3 Å². The van der Waals surface area contributed by atoms with Crippen molar-refractivity contribution in [3.8, 4) is 0 Å². The van der Waals surface area contributed by atoms with Gasteiger partial charge in [0, 0.05) is 26.0 Å². The van der Waals surface area contributed by atoms with Crippen molar-refractivity contribution in [2.45, 2.75) is 6.54 Å². The van der Waals surface area contributed by atoms with E-state index in [9.17, 15) is 13.6 Å². The number of carbonyl (C=O) groups is 1. The van der Waals surface area contributed by atoms with Gasteiger partial charge in [-0.3, -0.25) is 9.48 Å². The molecule has 0 aliphatic heterocycles. The minimum Gasteiger partial charge on any atom is -0.340 e. The van der Waals surface area contributed by atoms with E-state index in [1.165, 1.54) is 11.9 Å². The standard InChI is InChI=1S/C13H13F2N3O/c1-17(7-8-18-6-2-5-16-18)13(19)11-9-10(14)3-4-12(11)15/h2-6,9H,7-8H2,1H3. The number of carbonyl (C=O) groups excluding carboxylic acids is 1. The van der Waals surface area contributed by atoms with Gasteiger partial charge in [0.05, 0.1) is 12.1 Å². The van der Waals surface area contributed by atoms with Gasteiger partial charge in [-0.1, -0.05) is 0 Å². The number of nitrogens with zero attached hydrogens (tertiary/aromatic N) is 3. The van der Waals surface area contributed by atoms with Crippen LogP contribution in [0.4, 0.5) is 8.78 Å². The summed E-state index contributed by atoms with van der Waals surface area (Å²) in [5.41, 5.74) is -0.261. The Morgan fingerprint density at radius 1 is 1.42 bits per heavy atom. The van der Waals surface area contributed by atoms with Crippen molar-refractivity contribution in [1.82, 2.24) is 14.7 Å². The average molecular weight is 265 g/mol. The topological polar surface area (TPSA) is 38.1 Å². The molecule has 0 bridgehead atoms. The molecule has 2 rings (SSSR count). The van der Waals surface area contributed by atoms with E-state index < -0.39 is 17.5 Å². The van der Waals surface area contributed by atoms with Gasteiger partial charge in [-0.25, -0.2) is 8.78 Å². The first-order valence-electron chi connectivity index (χ1n) is 5.76. The summed E-state index contributed by atoms with van der Waals surface area (Å²) in [6.45, 7) is 0.850. The highest BCUT2D eigenvalue weighted by Crippen LogP contribution is 2.11. The highest BCUT2D eigenvalue weighted by atomic mass is 19.1. The number of hydrogen-bond donors (Lipinski definition) is 0. The second kappa shape index (κ2) is 5.60. The SMILES string of the molecule is CN(CCn1cccn1)C(=O)c1cc(F)ccc1F. The Hall–Kier alpha value is -2.24. The Morgan fingerprint density at radius 3 is 2.89 bits per heavy atom. The molecular weight excluding hydrogens is 252 g/mol. The Balaban J connectivity index is 2.04. The van der Waals surface area contributed by atoms with E-state index in [0.717, 1.165) is 18.2 Å². The maximum atomic E-state index is 13.5.